The first kappa shape index (κ1) is 12.0. The Morgan fingerprint density at radius 1 is 1.33 bits per heavy atom. The molecule has 1 aromatic carbocycles. The molecule has 0 aromatic heterocycles. The lowest BCUT2D eigenvalue weighted by Gasteiger charge is -2.51. The molecule has 4 rings (SSSR count). The van der Waals surface area contributed by atoms with E-state index in [1.807, 2.05) is 0 Å². The second-order valence-corrected chi connectivity index (χ2v) is 6.92. The van der Waals surface area contributed by atoms with E-state index < -0.39 is 0 Å². The van der Waals surface area contributed by atoms with E-state index >= 15 is 0 Å². The molecule has 3 atom stereocenters. The molecule has 0 unspecified atom stereocenters. The molecule has 2 aliphatic heterocycles. The van der Waals surface area contributed by atoms with Crippen LogP contribution in [0.15, 0.2) is 36.4 Å². The third-order valence-corrected chi connectivity index (χ3v) is 4.81. The topological polar surface area (TPSA) is 16.6 Å². The molecule has 0 spiro atoms. The molecule has 2 bridgehead atoms. The summed E-state index contributed by atoms with van der Waals surface area (Å²) >= 11 is 0. The van der Waals surface area contributed by atoms with E-state index in [-0.39, 0.29) is 0 Å². The first-order chi connectivity index (χ1) is 8.49. The lowest BCUT2D eigenvalue weighted by atomic mass is 9.58. The largest absolute Gasteiger partial charge is 0.337 e. The molecule has 0 radical (unpaired) electrons. The summed E-state index contributed by atoms with van der Waals surface area (Å²) in [6, 6.07) is 10.4. The summed E-state index contributed by atoms with van der Waals surface area (Å²) in [5, 5.41) is 2.60. The minimum absolute atomic E-state index is 0.424. The highest BCUT2D eigenvalue weighted by atomic mass is 15.0. The first-order valence-corrected chi connectivity index (χ1v) is 7.07. The van der Waals surface area contributed by atoms with Crippen molar-refractivity contribution < 1.29 is 5.32 Å². The summed E-state index contributed by atoms with van der Waals surface area (Å²) in [5.41, 5.74) is 4.93. The predicted molar refractivity (Wildman–Crippen MR) is 75.5 cm³/mol. The van der Waals surface area contributed by atoms with Crippen LogP contribution in [0.3, 0.4) is 0 Å². The van der Waals surface area contributed by atoms with Crippen molar-refractivity contribution in [2.75, 3.05) is 0 Å². The molecule has 18 heavy (non-hydrogen) atoms. The summed E-state index contributed by atoms with van der Waals surface area (Å²) in [4.78, 5) is 0. The number of hydrogen-bond acceptors (Lipinski definition) is 0. The number of piperidine rings is 1. The predicted octanol–water partition coefficient (Wildman–Crippen LogP) is 3.15. The fourth-order valence-electron chi connectivity index (χ4n) is 4.34. The summed E-state index contributed by atoms with van der Waals surface area (Å²) in [7, 11) is 0. The van der Waals surface area contributed by atoms with E-state index in [1.54, 1.807) is 11.1 Å². The smallest absolute Gasteiger partial charge is 0.113 e. The van der Waals surface area contributed by atoms with Gasteiger partial charge in [-0.05, 0) is 17.9 Å². The van der Waals surface area contributed by atoms with Gasteiger partial charge in [-0.15, -0.1) is 0 Å². The maximum absolute atomic E-state index is 4.12. The number of quaternary nitrogens is 1. The van der Waals surface area contributed by atoms with Crippen molar-refractivity contribution in [3.8, 4) is 0 Å². The number of fused-ring (bicyclic) bond motifs is 2. The Kier molecular flexibility index (Phi) is 2.63. The van der Waals surface area contributed by atoms with Crippen LogP contribution in [0.5, 0.6) is 0 Å². The molecule has 1 aromatic rings. The van der Waals surface area contributed by atoms with Crippen LogP contribution in [-0.4, -0.2) is 6.04 Å². The number of nitrogens with two attached hydrogens (primary N) is 1. The molecule has 2 N–H and O–H groups in total. The maximum Gasteiger partial charge on any atom is 0.113 e. The second kappa shape index (κ2) is 3.96. The summed E-state index contributed by atoms with van der Waals surface area (Å²) < 4.78 is 0. The van der Waals surface area contributed by atoms with Crippen LogP contribution < -0.4 is 5.32 Å². The molecule has 1 heteroatoms. The van der Waals surface area contributed by atoms with E-state index in [2.05, 4.69) is 56.9 Å². The molecule has 96 valence electrons. The molecule has 1 nitrogen and oxygen atoms in total. The molecular weight excluding hydrogens is 218 g/mol. The van der Waals surface area contributed by atoms with Crippen molar-refractivity contribution in [1.82, 2.24) is 0 Å². The van der Waals surface area contributed by atoms with Crippen LogP contribution >= 0.6 is 0 Å². The van der Waals surface area contributed by atoms with Gasteiger partial charge in [0.25, 0.3) is 0 Å². The maximum atomic E-state index is 4.12. The fraction of sp³-hybridized carbons (Fsp3) is 0.529. The third kappa shape index (κ3) is 1.73. The quantitative estimate of drug-likeness (QED) is 0.767. The van der Waals surface area contributed by atoms with Gasteiger partial charge in [-0.3, -0.25) is 0 Å². The van der Waals surface area contributed by atoms with Crippen molar-refractivity contribution in [1.29, 1.82) is 0 Å². The van der Waals surface area contributed by atoms with Crippen LogP contribution in [0, 0.1) is 5.41 Å². The van der Waals surface area contributed by atoms with Crippen LogP contribution in [0.1, 0.15) is 56.7 Å². The van der Waals surface area contributed by atoms with Gasteiger partial charge in [-0.1, -0.05) is 50.3 Å². The van der Waals surface area contributed by atoms with E-state index in [0.717, 1.165) is 6.42 Å². The molecule has 0 saturated carbocycles. The highest BCUT2D eigenvalue weighted by molar-refractivity contribution is 5.39. The molecule has 1 aliphatic carbocycles. The Labute approximate surface area is 110 Å². The Balaban J connectivity index is 2.06. The van der Waals surface area contributed by atoms with Gasteiger partial charge in [0.2, 0.25) is 0 Å². The van der Waals surface area contributed by atoms with Crippen molar-refractivity contribution in [3.63, 3.8) is 0 Å². The first-order valence-electron chi connectivity index (χ1n) is 7.07. The van der Waals surface area contributed by atoms with Crippen LogP contribution in [0.2, 0.25) is 0 Å². The van der Waals surface area contributed by atoms with Crippen LogP contribution in [0.4, 0.5) is 0 Å². The van der Waals surface area contributed by atoms with Crippen molar-refractivity contribution >= 4 is 0 Å². The van der Waals surface area contributed by atoms with Crippen LogP contribution in [-0.2, 0) is 0 Å². The Hall–Kier alpha value is -1.08. The zero-order chi connectivity index (χ0) is 12.9. The van der Waals surface area contributed by atoms with E-state index in [4.69, 9.17) is 0 Å². The van der Waals surface area contributed by atoms with Gasteiger partial charge in [-0.25, -0.2) is 0 Å². The molecule has 2 heterocycles. The SMILES string of the molecule is C=C(C)C[C@H]1[NH2+][C@H]2CC(C)(C)[C@@H]1c1ccccc12. The Bertz CT molecular complexity index is 486. The fourth-order valence-corrected chi connectivity index (χ4v) is 4.34. The van der Waals surface area contributed by atoms with Crippen molar-refractivity contribution in [2.45, 2.75) is 51.6 Å². The monoisotopic (exact) mass is 242 g/mol. The molecule has 0 amide bonds. The summed E-state index contributed by atoms with van der Waals surface area (Å²) in [6.07, 6.45) is 2.46. The summed E-state index contributed by atoms with van der Waals surface area (Å²) in [6.45, 7) is 11.2. The second-order valence-electron chi connectivity index (χ2n) is 6.92. The normalized spacial score (nSPS) is 32.1. The molecule has 1 fully saturated rings. The van der Waals surface area contributed by atoms with Gasteiger partial charge in [0.15, 0.2) is 0 Å². The standard InChI is InChI=1S/C17H23N/c1-11(2)9-14-16-13-8-6-5-7-12(13)15(18-14)10-17(16,3)4/h5-8,14-16,18H,1,9-10H2,2-4H3/p+1/t14-,15+,16-/m1/s1. The average Bonchev–Trinajstić information content (AvgIpc) is 2.26. The lowest BCUT2D eigenvalue weighted by molar-refractivity contribution is -0.749. The summed E-state index contributed by atoms with van der Waals surface area (Å²) in [5.74, 6) is 0.676. The minimum Gasteiger partial charge on any atom is -0.337 e. The third-order valence-electron chi connectivity index (χ3n) is 4.81. The highest BCUT2D eigenvalue weighted by Gasteiger charge is 2.52. The lowest BCUT2D eigenvalue weighted by Crippen LogP contribution is -2.96. The van der Waals surface area contributed by atoms with E-state index in [9.17, 15) is 0 Å². The zero-order valence-electron chi connectivity index (χ0n) is 11.7. The van der Waals surface area contributed by atoms with Gasteiger partial charge in [0, 0.05) is 24.3 Å². The van der Waals surface area contributed by atoms with Gasteiger partial charge in [0.05, 0.1) is 6.04 Å². The average molecular weight is 242 g/mol. The van der Waals surface area contributed by atoms with Gasteiger partial charge in [0.1, 0.15) is 6.04 Å². The highest BCUT2D eigenvalue weighted by Crippen LogP contribution is 2.52. The minimum atomic E-state index is 0.424. The molecule has 3 aliphatic rings. The van der Waals surface area contributed by atoms with Crippen molar-refractivity contribution in [3.05, 3.63) is 47.5 Å². The molecule has 1 saturated heterocycles. The van der Waals surface area contributed by atoms with E-state index in [1.165, 1.54) is 12.0 Å². The van der Waals surface area contributed by atoms with Gasteiger partial charge in [-0.2, -0.15) is 0 Å². The Morgan fingerprint density at radius 3 is 2.67 bits per heavy atom. The number of rotatable bonds is 2. The molecular formula is C17H24N+. The van der Waals surface area contributed by atoms with Crippen LogP contribution in [0.25, 0.3) is 0 Å². The zero-order valence-corrected chi connectivity index (χ0v) is 11.7. The van der Waals surface area contributed by atoms with Gasteiger partial charge >= 0.3 is 0 Å². The van der Waals surface area contributed by atoms with E-state index in [0.29, 0.717) is 23.4 Å². The number of hydrogen-bond donors (Lipinski definition) is 1. The number of benzene rings is 1. The van der Waals surface area contributed by atoms with Crippen molar-refractivity contribution in [2.24, 2.45) is 5.41 Å². The Morgan fingerprint density at radius 2 is 2.00 bits per heavy atom. The van der Waals surface area contributed by atoms with Gasteiger partial charge < -0.3 is 5.32 Å².